The van der Waals surface area contributed by atoms with E-state index in [1.54, 1.807) is 22.7 Å². The summed E-state index contributed by atoms with van der Waals surface area (Å²) in [4.78, 5) is 11.6. The van der Waals surface area contributed by atoms with Crippen LogP contribution in [0.1, 0.15) is 19.4 Å². The van der Waals surface area contributed by atoms with Crippen LogP contribution in [0.2, 0.25) is 0 Å². The van der Waals surface area contributed by atoms with Gasteiger partial charge in [0, 0.05) is 11.1 Å². The summed E-state index contributed by atoms with van der Waals surface area (Å²) in [6.07, 6.45) is 1.12. The standard InChI is InChI=1S/C20H18N2S2/c1-13(2)12-14-8-10-16(11-9-14)18-22-20-19(24-18)21-17(23-20)15-6-4-3-5-7-15/h3-11,13H,12H2,1-2H3. The van der Waals surface area contributed by atoms with E-state index in [1.165, 1.54) is 11.1 Å². The Balaban J connectivity index is 1.63. The van der Waals surface area contributed by atoms with Gasteiger partial charge < -0.3 is 0 Å². The first-order valence-corrected chi connectivity index (χ1v) is 9.74. The summed E-state index contributed by atoms with van der Waals surface area (Å²) in [6.45, 7) is 4.50. The molecule has 0 atom stereocenters. The maximum atomic E-state index is 4.79. The van der Waals surface area contributed by atoms with E-state index in [0.29, 0.717) is 5.92 Å². The highest BCUT2D eigenvalue weighted by molar-refractivity contribution is 7.29. The molecule has 0 aliphatic rings. The van der Waals surface area contributed by atoms with Crippen molar-refractivity contribution in [2.45, 2.75) is 20.3 Å². The monoisotopic (exact) mass is 350 g/mol. The molecule has 0 aliphatic carbocycles. The van der Waals surface area contributed by atoms with Crippen LogP contribution in [0.15, 0.2) is 54.6 Å². The molecule has 2 aromatic heterocycles. The minimum absolute atomic E-state index is 0.682. The third-order valence-corrected chi connectivity index (χ3v) is 5.97. The van der Waals surface area contributed by atoms with Gasteiger partial charge in [0.2, 0.25) is 0 Å². The predicted octanol–water partition coefficient (Wildman–Crippen LogP) is 6.29. The second-order valence-corrected chi connectivity index (χ2v) is 8.26. The normalized spacial score (nSPS) is 11.5. The minimum atomic E-state index is 0.682. The second-order valence-electron chi connectivity index (χ2n) is 6.31. The summed E-state index contributed by atoms with van der Waals surface area (Å²) >= 11 is 3.34. The van der Waals surface area contributed by atoms with Gasteiger partial charge in [-0.05, 0) is 17.9 Å². The molecule has 0 saturated carbocycles. The number of rotatable bonds is 4. The van der Waals surface area contributed by atoms with Crippen LogP contribution >= 0.6 is 22.7 Å². The van der Waals surface area contributed by atoms with Crippen molar-refractivity contribution >= 4 is 32.3 Å². The van der Waals surface area contributed by atoms with Gasteiger partial charge in [-0.2, -0.15) is 0 Å². The van der Waals surface area contributed by atoms with Crippen molar-refractivity contribution in [2.24, 2.45) is 5.92 Å². The lowest BCUT2D eigenvalue weighted by molar-refractivity contribution is 0.647. The lowest BCUT2D eigenvalue weighted by Gasteiger charge is -2.05. The summed E-state index contributed by atoms with van der Waals surface area (Å²) in [6, 6.07) is 19.1. The van der Waals surface area contributed by atoms with Gasteiger partial charge in [-0.1, -0.05) is 91.1 Å². The van der Waals surface area contributed by atoms with Crippen molar-refractivity contribution < 1.29 is 0 Å². The molecule has 0 radical (unpaired) electrons. The summed E-state index contributed by atoms with van der Waals surface area (Å²) in [5.41, 5.74) is 3.72. The molecule has 0 fully saturated rings. The van der Waals surface area contributed by atoms with Gasteiger partial charge in [0.1, 0.15) is 10.0 Å². The van der Waals surface area contributed by atoms with E-state index in [-0.39, 0.29) is 0 Å². The van der Waals surface area contributed by atoms with Crippen LogP contribution in [-0.2, 0) is 6.42 Å². The Kier molecular flexibility index (Phi) is 4.17. The van der Waals surface area contributed by atoms with Gasteiger partial charge in [0.15, 0.2) is 9.66 Å². The Morgan fingerprint density at radius 3 is 1.83 bits per heavy atom. The van der Waals surface area contributed by atoms with E-state index in [2.05, 4.69) is 50.2 Å². The Morgan fingerprint density at radius 2 is 1.29 bits per heavy atom. The first kappa shape index (κ1) is 15.5. The minimum Gasteiger partial charge on any atom is -0.223 e. The molecule has 0 spiro atoms. The van der Waals surface area contributed by atoms with Crippen LogP contribution in [-0.4, -0.2) is 9.97 Å². The van der Waals surface area contributed by atoms with Gasteiger partial charge in [-0.15, -0.1) is 0 Å². The van der Waals surface area contributed by atoms with E-state index in [1.807, 2.05) is 18.2 Å². The SMILES string of the molecule is CC(C)Cc1ccc(-c2nc3sc(-c4ccccc4)nc3s2)cc1. The van der Waals surface area contributed by atoms with Crippen molar-refractivity contribution in [3.63, 3.8) is 0 Å². The molecular weight excluding hydrogens is 332 g/mol. The van der Waals surface area contributed by atoms with E-state index in [0.717, 1.165) is 31.7 Å². The largest absolute Gasteiger partial charge is 0.223 e. The van der Waals surface area contributed by atoms with Crippen molar-refractivity contribution in [2.75, 3.05) is 0 Å². The van der Waals surface area contributed by atoms with Crippen molar-refractivity contribution in [3.05, 3.63) is 60.2 Å². The van der Waals surface area contributed by atoms with Crippen LogP contribution in [0.4, 0.5) is 0 Å². The number of aromatic nitrogens is 2. The molecule has 0 saturated heterocycles. The third-order valence-electron chi connectivity index (χ3n) is 3.84. The average molecular weight is 351 g/mol. The Bertz CT molecular complexity index is 919. The molecule has 0 unspecified atom stereocenters. The summed E-state index contributed by atoms with van der Waals surface area (Å²) in [5, 5.41) is 2.10. The molecule has 0 N–H and O–H groups in total. The highest BCUT2D eigenvalue weighted by Gasteiger charge is 2.12. The van der Waals surface area contributed by atoms with Gasteiger partial charge in [0.05, 0.1) is 0 Å². The zero-order chi connectivity index (χ0) is 16.5. The molecule has 120 valence electrons. The van der Waals surface area contributed by atoms with Crippen LogP contribution in [0, 0.1) is 5.92 Å². The van der Waals surface area contributed by atoms with Crippen LogP contribution < -0.4 is 0 Å². The average Bonchev–Trinajstić information content (AvgIpc) is 3.15. The molecule has 0 bridgehead atoms. The Hall–Kier alpha value is -2.04. The van der Waals surface area contributed by atoms with Crippen LogP contribution in [0.3, 0.4) is 0 Å². The molecule has 4 aromatic rings. The molecule has 2 aromatic carbocycles. The van der Waals surface area contributed by atoms with E-state index in [9.17, 15) is 0 Å². The van der Waals surface area contributed by atoms with Crippen LogP contribution in [0.5, 0.6) is 0 Å². The number of hydrogen-bond donors (Lipinski definition) is 0. The van der Waals surface area contributed by atoms with Gasteiger partial charge in [0.25, 0.3) is 0 Å². The second kappa shape index (κ2) is 6.46. The summed E-state index contributed by atoms with van der Waals surface area (Å²) < 4.78 is 0. The number of benzene rings is 2. The first-order valence-electron chi connectivity index (χ1n) is 8.11. The number of fused-ring (bicyclic) bond motifs is 1. The summed E-state index contributed by atoms with van der Waals surface area (Å²) in [7, 11) is 0. The zero-order valence-electron chi connectivity index (χ0n) is 13.7. The molecular formula is C20H18N2S2. The number of nitrogens with zero attached hydrogens (tertiary/aromatic N) is 2. The molecule has 24 heavy (non-hydrogen) atoms. The fourth-order valence-electron chi connectivity index (χ4n) is 2.72. The highest BCUT2D eigenvalue weighted by Crippen LogP contribution is 2.36. The Morgan fingerprint density at radius 1 is 0.750 bits per heavy atom. The lowest BCUT2D eigenvalue weighted by atomic mass is 10.0. The fourth-order valence-corrected chi connectivity index (χ4v) is 4.78. The van der Waals surface area contributed by atoms with Gasteiger partial charge in [-0.3, -0.25) is 0 Å². The molecule has 0 amide bonds. The number of hydrogen-bond acceptors (Lipinski definition) is 4. The fraction of sp³-hybridized carbons (Fsp3) is 0.200. The van der Waals surface area contributed by atoms with Crippen molar-refractivity contribution in [1.82, 2.24) is 9.97 Å². The van der Waals surface area contributed by atoms with Crippen molar-refractivity contribution in [3.8, 4) is 21.1 Å². The highest BCUT2D eigenvalue weighted by atomic mass is 32.1. The molecule has 4 heteroatoms. The first-order chi connectivity index (χ1) is 11.7. The molecule has 0 aliphatic heterocycles. The van der Waals surface area contributed by atoms with Gasteiger partial charge >= 0.3 is 0 Å². The molecule has 4 rings (SSSR count). The predicted molar refractivity (Wildman–Crippen MR) is 105 cm³/mol. The zero-order valence-corrected chi connectivity index (χ0v) is 15.3. The maximum absolute atomic E-state index is 4.79. The van der Waals surface area contributed by atoms with E-state index >= 15 is 0 Å². The topological polar surface area (TPSA) is 25.8 Å². The van der Waals surface area contributed by atoms with Gasteiger partial charge in [-0.25, -0.2) is 9.97 Å². The van der Waals surface area contributed by atoms with Crippen LogP contribution in [0.25, 0.3) is 30.8 Å². The molecule has 2 heterocycles. The van der Waals surface area contributed by atoms with E-state index in [4.69, 9.17) is 9.97 Å². The Labute approximate surface area is 149 Å². The number of thiazole rings is 2. The quantitative estimate of drug-likeness (QED) is 0.432. The van der Waals surface area contributed by atoms with Crippen molar-refractivity contribution in [1.29, 1.82) is 0 Å². The lowest BCUT2D eigenvalue weighted by Crippen LogP contribution is -1.93. The third kappa shape index (κ3) is 3.12. The molecule has 2 nitrogen and oxygen atoms in total. The maximum Gasteiger partial charge on any atom is 0.155 e. The van der Waals surface area contributed by atoms with E-state index < -0.39 is 0 Å². The summed E-state index contributed by atoms with van der Waals surface area (Å²) in [5.74, 6) is 0.682. The smallest absolute Gasteiger partial charge is 0.155 e.